The van der Waals surface area contributed by atoms with E-state index in [1.54, 1.807) is 24.3 Å². The number of amides is 1. The van der Waals surface area contributed by atoms with Crippen molar-refractivity contribution in [3.63, 3.8) is 0 Å². The molecule has 1 aliphatic rings. The Morgan fingerprint density at radius 2 is 1.86 bits per heavy atom. The molecule has 0 unspecified atom stereocenters. The van der Waals surface area contributed by atoms with Crippen LogP contribution in [-0.2, 0) is 27.2 Å². The number of thiophene rings is 1. The molecule has 144 valence electrons. The minimum atomic E-state index is -0.606. The molecule has 1 aromatic carbocycles. The maximum absolute atomic E-state index is 12.1. The molecule has 6 nitrogen and oxygen atoms in total. The van der Waals surface area contributed by atoms with Crippen LogP contribution in [0.1, 0.15) is 52.0 Å². The van der Waals surface area contributed by atoms with Crippen molar-refractivity contribution in [1.82, 2.24) is 0 Å². The molecule has 1 heterocycles. The largest absolute Gasteiger partial charge is 0.456 e. The number of rotatable bonds is 7. The van der Waals surface area contributed by atoms with E-state index in [1.165, 1.54) is 11.3 Å². The molecule has 0 bridgehead atoms. The number of carbonyl (C=O) groups is 3. The summed E-state index contributed by atoms with van der Waals surface area (Å²) in [6, 6.07) is 10.9. The van der Waals surface area contributed by atoms with Crippen LogP contribution in [0.5, 0.6) is 0 Å². The molecular formula is C21H20N2O4S. The Bertz CT molecular complexity index is 928. The first-order valence-corrected chi connectivity index (χ1v) is 9.98. The third-order valence-corrected chi connectivity index (χ3v) is 5.76. The predicted molar refractivity (Wildman–Crippen MR) is 105 cm³/mol. The number of ketones is 1. The second kappa shape index (κ2) is 9.29. The van der Waals surface area contributed by atoms with E-state index in [2.05, 4.69) is 11.4 Å². The smallest absolute Gasteiger partial charge is 0.306 e. The molecule has 0 atom stereocenters. The van der Waals surface area contributed by atoms with Crippen molar-refractivity contribution in [2.75, 3.05) is 11.9 Å². The third kappa shape index (κ3) is 4.84. The second-order valence-corrected chi connectivity index (χ2v) is 7.63. The minimum absolute atomic E-state index is 0.0285. The summed E-state index contributed by atoms with van der Waals surface area (Å²) in [5, 5.41) is 12.6. The highest BCUT2D eigenvalue weighted by molar-refractivity contribution is 7.16. The normalized spacial score (nSPS) is 12.5. The van der Waals surface area contributed by atoms with Gasteiger partial charge in [-0.3, -0.25) is 14.4 Å². The van der Waals surface area contributed by atoms with Gasteiger partial charge in [-0.05, 0) is 31.2 Å². The number of aryl methyl sites for hydroxylation is 1. The number of carbonyl (C=O) groups excluding carboxylic acids is 3. The summed E-state index contributed by atoms with van der Waals surface area (Å²) in [7, 11) is 0. The molecule has 0 saturated carbocycles. The molecule has 7 heteroatoms. The number of hydrogen-bond acceptors (Lipinski definition) is 6. The van der Waals surface area contributed by atoms with Crippen molar-refractivity contribution < 1.29 is 19.1 Å². The lowest BCUT2D eigenvalue weighted by Gasteiger charge is -2.09. The van der Waals surface area contributed by atoms with Crippen molar-refractivity contribution in [2.45, 2.75) is 38.5 Å². The van der Waals surface area contributed by atoms with Gasteiger partial charge in [0.05, 0.1) is 12.0 Å². The number of Topliss-reactive ketones (excluding diaryl/α,β-unsaturated/α-hetero) is 1. The van der Waals surface area contributed by atoms with Crippen LogP contribution < -0.4 is 5.32 Å². The van der Waals surface area contributed by atoms with Crippen molar-refractivity contribution in [2.24, 2.45) is 0 Å². The SMILES string of the molecule is N#Cc1c(NC(=O)COC(=O)CCC(=O)c2ccccc2)sc2c1CCCC2. The summed E-state index contributed by atoms with van der Waals surface area (Å²) in [5.74, 6) is -1.24. The van der Waals surface area contributed by atoms with Crippen LogP contribution >= 0.6 is 11.3 Å². The van der Waals surface area contributed by atoms with Crippen molar-refractivity contribution in [1.29, 1.82) is 5.26 Å². The lowest BCUT2D eigenvalue weighted by atomic mass is 9.96. The number of fused-ring (bicyclic) bond motifs is 1. The quantitative estimate of drug-likeness (QED) is 0.569. The Labute approximate surface area is 167 Å². The number of anilines is 1. The van der Waals surface area contributed by atoms with Gasteiger partial charge in [0.2, 0.25) is 0 Å². The summed E-state index contributed by atoms with van der Waals surface area (Å²) in [6.07, 6.45) is 3.86. The van der Waals surface area contributed by atoms with Crippen molar-refractivity contribution >= 4 is 34.0 Å². The highest BCUT2D eigenvalue weighted by Gasteiger charge is 2.22. The molecule has 0 radical (unpaired) electrons. The Balaban J connectivity index is 1.47. The lowest BCUT2D eigenvalue weighted by Crippen LogP contribution is -2.21. The molecule has 28 heavy (non-hydrogen) atoms. The van der Waals surface area contributed by atoms with Crippen LogP contribution in [-0.4, -0.2) is 24.3 Å². The second-order valence-electron chi connectivity index (χ2n) is 6.52. The highest BCUT2D eigenvalue weighted by atomic mass is 32.1. The van der Waals surface area contributed by atoms with E-state index in [9.17, 15) is 19.6 Å². The van der Waals surface area contributed by atoms with E-state index in [0.717, 1.165) is 36.1 Å². The number of ether oxygens (including phenoxy) is 1. The number of nitrogens with zero attached hydrogens (tertiary/aromatic N) is 1. The first kappa shape index (κ1) is 19.8. The van der Waals surface area contributed by atoms with E-state index in [1.807, 2.05) is 6.07 Å². The number of esters is 1. The van der Waals surface area contributed by atoms with Crippen LogP contribution in [0.15, 0.2) is 30.3 Å². The van der Waals surface area contributed by atoms with E-state index >= 15 is 0 Å². The first-order valence-electron chi connectivity index (χ1n) is 9.17. The summed E-state index contributed by atoms with van der Waals surface area (Å²) in [4.78, 5) is 37.0. The van der Waals surface area contributed by atoms with E-state index in [0.29, 0.717) is 16.1 Å². The first-order chi connectivity index (χ1) is 13.6. The van der Waals surface area contributed by atoms with E-state index in [4.69, 9.17) is 4.74 Å². The van der Waals surface area contributed by atoms with Gasteiger partial charge in [0.15, 0.2) is 12.4 Å². The number of nitrogens with one attached hydrogen (secondary N) is 1. The molecule has 0 saturated heterocycles. The minimum Gasteiger partial charge on any atom is -0.456 e. The molecular weight excluding hydrogens is 376 g/mol. The molecule has 1 N–H and O–H groups in total. The molecule has 1 aromatic heterocycles. The van der Waals surface area contributed by atoms with Crippen LogP contribution in [0.25, 0.3) is 0 Å². The summed E-state index contributed by atoms with van der Waals surface area (Å²) in [6.45, 7) is -0.439. The Morgan fingerprint density at radius 1 is 1.11 bits per heavy atom. The summed E-state index contributed by atoms with van der Waals surface area (Å²) >= 11 is 1.42. The maximum atomic E-state index is 12.1. The van der Waals surface area contributed by atoms with Crippen molar-refractivity contribution in [3.8, 4) is 6.07 Å². The third-order valence-electron chi connectivity index (χ3n) is 4.55. The molecule has 1 aliphatic carbocycles. The molecule has 0 spiro atoms. The maximum Gasteiger partial charge on any atom is 0.306 e. The summed E-state index contributed by atoms with van der Waals surface area (Å²) < 4.78 is 4.96. The van der Waals surface area contributed by atoms with E-state index in [-0.39, 0.29) is 18.6 Å². The molecule has 3 rings (SSSR count). The van der Waals surface area contributed by atoms with Crippen LogP contribution in [0.3, 0.4) is 0 Å². The van der Waals surface area contributed by atoms with Crippen molar-refractivity contribution in [3.05, 3.63) is 51.9 Å². The highest BCUT2D eigenvalue weighted by Crippen LogP contribution is 2.37. The predicted octanol–water partition coefficient (Wildman–Crippen LogP) is 3.64. The molecule has 0 fully saturated rings. The average Bonchev–Trinajstić information content (AvgIpc) is 3.07. The van der Waals surface area contributed by atoms with Gasteiger partial charge in [0.1, 0.15) is 11.1 Å². The van der Waals surface area contributed by atoms with Gasteiger partial charge in [0.25, 0.3) is 5.91 Å². The standard InChI is InChI=1S/C21H20N2O4S/c22-12-16-15-8-4-5-9-18(15)28-21(16)23-19(25)13-27-20(26)11-10-17(24)14-6-2-1-3-7-14/h1-3,6-7H,4-5,8-11,13H2,(H,23,25). The zero-order chi connectivity index (χ0) is 19.9. The Hall–Kier alpha value is -2.98. The fourth-order valence-electron chi connectivity index (χ4n) is 3.14. The number of nitriles is 1. The number of hydrogen-bond donors (Lipinski definition) is 1. The molecule has 0 aliphatic heterocycles. The van der Waals surface area contributed by atoms with Gasteiger partial charge in [-0.25, -0.2) is 0 Å². The molecule has 2 aromatic rings. The topological polar surface area (TPSA) is 96.3 Å². The lowest BCUT2D eigenvalue weighted by molar-refractivity contribution is -0.147. The van der Waals surface area contributed by atoms with Crippen LogP contribution in [0, 0.1) is 11.3 Å². The average molecular weight is 396 g/mol. The van der Waals surface area contributed by atoms with Crippen LogP contribution in [0.2, 0.25) is 0 Å². The fraction of sp³-hybridized carbons (Fsp3) is 0.333. The Kier molecular flexibility index (Phi) is 6.56. The zero-order valence-corrected chi connectivity index (χ0v) is 16.1. The van der Waals surface area contributed by atoms with Crippen LogP contribution in [0.4, 0.5) is 5.00 Å². The van der Waals surface area contributed by atoms with Gasteiger partial charge in [-0.15, -0.1) is 11.3 Å². The Morgan fingerprint density at radius 3 is 2.61 bits per heavy atom. The van der Waals surface area contributed by atoms with E-state index < -0.39 is 18.5 Å². The van der Waals surface area contributed by atoms with Gasteiger partial charge in [-0.1, -0.05) is 30.3 Å². The zero-order valence-electron chi connectivity index (χ0n) is 15.3. The molecule has 1 amide bonds. The summed E-state index contributed by atoms with van der Waals surface area (Å²) in [5.41, 5.74) is 2.09. The van der Waals surface area contributed by atoms with Gasteiger partial charge in [0, 0.05) is 16.9 Å². The van der Waals surface area contributed by atoms with Gasteiger partial charge < -0.3 is 10.1 Å². The fourth-order valence-corrected chi connectivity index (χ4v) is 4.39. The van der Waals surface area contributed by atoms with Gasteiger partial charge >= 0.3 is 5.97 Å². The number of benzene rings is 1. The van der Waals surface area contributed by atoms with Gasteiger partial charge in [-0.2, -0.15) is 5.26 Å². The monoisotopic (exact) mass is 396 g/mol.